The molecule has 0 unspecified atom stereocenters. The molecule has 0 heterocycles. The maximum atomic E-state index is 13.4. The SMILES string of the molecule is CC[C@H](N)c1ccc(Oc2ccccc2F)cc1. The second-order valence-corrected chi connectivity index (χ2v) is 4.12. The summed E-state index contributed by atoms with van der Waals surface area (Å²) in [5, 5.41) is 0. The van der Waals surface area contributed by atoms with Gasteiger partial charge >= 0.3 is 0 Å². The molecule has 94 valence electrons. The van der Waals surface area contributed by atoms with Gasteiger partial charge in [-0.2, -0.15) is 0 Å². The zero-order valence-electron chi connectivity index (χ0n) is 10.3. The fourth-order valence-electron chi connectivity index (χ4n) is 1.67. The van der Waals surface area contributed by atoms with Gasteiger partial charge in [0.25, 0.3) is 0 Å². The molecule has 0 spiro atoms. The molecule has 0 fully saturated rings. The lowest BCUT2D eigenvalue weighted by molar-refractivity contribution is 0.442. The Hall–Kier alpha value is -1.87. The second-order valence-electron chi connectivity index (χ2n) is 4.12. The summed E-state index contributed by atoms with van der Waals surface area (Å²) in [6.07, 6.45) is 0.882. The van der Waals surface area contributed by atoms with Crippen molar-refractivity contribution in [1.29, 1.82) is 0 Å². The van der Waals surface area contributed by atoms with Gasteiger partial charge in [0.15, 0.2) is 11.6 Å². The molecule has 0 saturated carbocycles. The maximum absolute atomic E-state index is 13.4. The van der Waals surface area contributed by atoms with Gasteiger partial charge in [-0.1, -0.05) is 31.2 Å². The van der Waals surface area contributed by atoms with E-state index in [9.17, 15) is 4.39 Å². The molecule has 0 aliphatic carbocycles. The fraction of sp³-hybridized carbons (Fsp3) is 0.200. The van der Waals surface area contributed by atoms with E-state index in [1.54, 1.807) is 30.3 Å². The lowest BCUT2D eigenvalue weighted by atomic mass is 10.1. The van der Waals surface area contributed by atoms with Gasteiger partial charge < -0.3 is 10.5 Å². The molecule has 2 rings (SSSR count). The van der Waals surface area contributed by atoms with E-state index in [1.807, 2.05) is 19.1 Å². The highest BCUT2D eigenvalue weighted by Gasteiger charge is 2.05. The molecule has 18 heavy (non-hydrogen) atoms. The number of hydrogen-bond donors (Lipinski definition) is 1. The van der Waals surface area contributed by atoms with E-state index in [1.165, 1.54) is 6.07 Å². The topological polar surface area (TPSA) is 35.2 Å². The largest absolute Gasteiger partial charge is 0.454 e. The first kappa shape index (κ1) is 12.6. The van der Waals surface area contributed by atoms with Crippen molar-refractivity contribution in [2.24, 2.45) is 5.73 Å². The van der Waals surface area contributed by atoms with Crippen LogP contribution in [-0.2, 0) is 0 Å². The lowest BCUT2D eigenvalue weighted by Gasteiger charge is -2.11. The summed E-state index contributed by atoms with van der Waals surface area (Å²) in [5.74, 6) is 0.462. The highest BCUT2D eigenvalue weighted by atomic mass is 19.1. The van der Waals surface area contributed by atoms with Crippen LogP contribution < -0.4 is 10.5 Å². The Morgan fingerprint density at radius 1 is 1.11 bits per heavy atom. The Bertz CT molecular complexity index is 510. The van der Waals surface area contributed by atoms with Gasteiger partial charge in [-0.05, 0) is 36.2 Å². The third-order valence-electron chi connectivity index (χ3n) is 2.81. The van der Waals surface area contributed by atoms with E-state index in [-0.39, 0.29) is 17.6 Å². The van der Waals surface area contributed by atoms with Gasteiger partial charge in [0, 0.05) is 6.04 Å². The summed E-state index contributed by atoms with van der Waals surface area (Å²) < 4.78 is 18.9. The molecular weight excluding hydrogens is 229 g/mol. The van der Waals surface area contributed by atoms with Crippen molar-refractivity contribution < 1.29 is 9.13 Å². The highest BCUT2D eigenvalue weighted by molar-refractivity contribution is 5.34. The van der Waals surface area contributed by atoms with Gasteiger partial charge in [-0.3, -0.25) is 0 Å². The second kappa shape index (κ2) is 5.65. The van der Waals surface area contributed by atoms with Gasteiger partial charge in [0.2, 0.25) is 0 Å². The van der Waals surface area contributed by atoms with E-state index in [4.69, 9.17) is 10.5 Å². The first-order chi connectivity index (χ1) is 8.70. The average molecular weight is 245 g/mol. The van der Waals surface area contributed by atoms with Gasteiger partial charge in [-0.25, -0.2) is 4.39 Å². The minimum atomic E-state index is -0.369. The summed E-state index contributed by atoms with van der Waals surface area (Å²) in [5.41, 5.74) is 6.97. The lowest BCUT2D eigenvalue weighted by Crippen LogP contribution is -2.08. The Morgan fingerprint density at radius 2 is 1.78 bits per heavy atom. The molecule has 0 aromatic heterocycles. The standard InChI is InChI=1S/C15H16FNO/c1-2-14(17)11-7-9-12(10-8-11)18-15-6-4-3-5-13(15)16/h3-10,14H,2,17H2,1H3/t14-/m0/s1. The maximum Gasteiger partial charge on any atom is 0.165 e. The van der Waals surface area contributed by atoms with Gasteiger partial charge in [-0.15, -0.1) is 0 Å². The third-order valence-corrected chi connectivity index (χ3v) is 2.81. The van der Waals surface area contributed by atoms with Crippen LogP contribution in [-0.4, -0.2) is 0 Å². The van der Waals surface area contributed by atoms with Crippen molar-refractivity contribution >= 4 is 0 Å². The Labute approximate surface area is 106 Å². The third kappa shape index (κ3) is 2.87. The molecule has 0 bridgehead atoms. The molecule has 0 aliphatic rings. The Morgan fingerprint density at radius 3 is 2.39 bits per heavy atom. The number of ether oxygens (including phenoxy) is 1. The normalized spacial score (nSPS) is 12.2. The number of rotatable bonds is 4. The first-order valence-electron chi connectivity index (χ1n) is 5.98. The van der Waals surface area contributed by atoms with Crippen LogP contribution in [0.2, 0.25) is 0 Å². The van der Waals surface area contributed by atoms with E-state index in [0.717, 1.165) is 12.0 Å². The molecule has 1 atom stereocenters. The van der Waals surface area contributed by atoms with Crippen LogP contribution in [0.25, 0.3) is 0 Å². The smallest absolute Gasteiger partial charge is 0.165 e. The summed E-state index contributed by atoms with van der Waals surface area (Å²) in [7, 11) is 0. The van der Waals surface area contributed by atoms with Crippen LogP contribution >= 0.6 is 0 Å². The molecule has 0 radical (unpaired) electrons. The van der Waals surface area contributed by atoms with Crippen molar-refractivity contribution in [2.75, 3.05) is 0 Å². The van der Waals surface area contributed by atoms with Gasteiger partial charge in [0.05, 0.1) is 0 Å². The summed E-state index contributed by atoms with van der Waals surface area (Å²) in [6.45, 7) is 2.04. The van der Waals surface area contributed by atoms with Crippen molar-refractivity contribution in [3.8, 4) is 11.5 Å². The number of halogens is 1. The van der Waals surface area contributed by atoms with Crippen LogP contribution in [0, 0.1) is 5.82 Å². The van der Waals surface area contributed by atoms with Crippen molar-refractivity contribution in [2.45, 2.75) is 19.4 Å². The minimum Gasteiger partial charge on any atom is -0.454 e. The first-order valence-corrected chi connectivity index (χ1v) is 5.98. The minimum absolute atomic E-state index is 0.0347. The summed E-state index contributed by atoms with van der Waals surface area (Å²) in [4.78, 5) is 0. The molecule has 0 aliphatic heterocycles. The molecule has 2 N–H and O–H groups in total. The van der Waals surface area contributed by atoms with Crippen LogP contribution in [0.5, 0.6) is 11.5 Å². The molecule has 2 nitrogen and oxygen atoms in total. The van der Waals surface area contributed by atoms with Crippen LogP contribution in [0.4, 0.5) is 4.39 Å². The predicted octanol–water partition coefficient (Wildman–Crippen LogP) is 4.03. The molecular formula is C15H16FNO. The molecule has 2 aromatic rings. The van der Waals surface area contributed by atoms with E-state index < -0.39 is 0 Å². The predicted molar refractivity (Wildman–Crippen MR) is 70.1 cm³/mol. The average Bonchev–Trinajstić information content (AvgIpc) is 2.41. The highest BCUT2D eigenvalue weighted by Crippen LogP contribution is 2.25. The Kier molecular flexibility index (Phi) is 3.95. The zero-order chi connectivity index (χ0) is 13.0. The fourth-order valence-corrected chi connectivity index (χ4v) is 1.67. The van der Waals surface area contributed by atoms with Crippen LogP contribution in [0.15, 0.2) is 48.5 Å². The van der Waals surface area contributed by atoms with E-state index in [2.05, 4.69) is 0 Å². The Balaban J connectivity index is 2.14. The number of benzene rings is 2. The molecule has 0 amide bonds. The van der Waals surface area contributed by atoms with Gasteiger partial charge in [0.1, 0.15) is 5.75 Å². The van der Waals surface area contributed by atoms with Crippen LogP contribution in [0.1, 0.15) is 24.9 Å². The number of hydrogen-bond acceptors (Lipinski definition) is 2. The van der Waals surface area contributed by atoms with Crippen molar-refractivity contribution in [3.63, 3.8) is 0 Å². The summed E-state index contributed by atoms with van der Waals surface area (Å²) >= 11 is 0. The quantitative estimate of drug-likeness (QED) is 0.882. The number of para-hydroxylation sites is 1. The van der Waals surface area contributed by atoms with Crippen LogP contribution in [0.3, 0.4) is 0 Å². The molecule has 2 aromatic carbocycles. The van der Waals surface area contributed by atoms with E-state index >= 15 is 0 Å². The monoisotopic (exact) mass is 245 g/mol. The summed E-state index contributed by atoms with van der Waals surface area (Å²) in [6, 6.07) is 13.8. The number of nitrogens with two attached hydrogens (primary N) is 1. The van der Waals surface area contributed by atoms with Crippen molar-refractivity contribution in [1.82, 2.24) is 0 Å². The molecule has 0 saturated heterocycles. The zero-order valence-corrected chi connectivity index (χ0v) is 10.3. The molecule has 3 heteroatoms. The van der Waals surface area contributed by atoms with E-state index in [0.29, 0.717) is 5.75 Å². The van der Waals surface area contributed by atoms with Crippen molar-refractivity contribution in [3.05, 3.63) is 59.9 Å².